The smallest absolute Gasteiger partial charge is 0.344 e. The minimum Gasteiger partial charge on any atom is -0.378 e. The Balaban J connectivity index is 1.39. The zero-order chi connectivity index (χ0) is 23.4. The predicted octanol–water partition coefficient (Wildman–Crippen LogP) is 4.02. The molecule has 33 heavy (non-hydrogen) atoms. The van der Waals surface area contributed by atoms with Gasteiger partial charge in [-0.3, -0.25) is 4.90 Å². The Morgan fingerprint density at radius 2 is 1.97 bits per heavy atom. The molecule has 2 fully saturated rings. The highest BCUT2D eigenvalue weighted by atomic mass is 35.5. The summed E-state index contributed by atoms with van der Waals surface area (Å²) >= 11 is 7.80. The second-order valence-electron chi connectivity index (χ2n) is 8.95. The Morgan fingerprint density at radius 3 is 2.67 bits per heavy atom. The SMILES string of the molecule is CSNc1ccn(C(=O)N2CCC(C)(N(C)Cc3ccc(Cl)cc3N3CCOCC3)CC2)n1. The molecule has 0 saturated carbocycles. The Bertz CT molecular complexity index is 956. The lowest BCUT2D eigenvalue weighted by atomic mass is 9.87. The average molecular weight is 493 g/mol. The fraction of sp³-hybridized carbons (Fsp3) is 0.565. The van der Waals surface area contributed by atoms with Gasteiger partial charge in [-0.05, 0) is 44.5 Å². The van der Waals surface area contributed by atoms with Crippen molar-refractivity contribution in [2.24, 2.45) is 0 Å². The van der Waals surface area contributed by atoms with Gasteiger partial charge in [0.2, 0.25) is 0 Å². The lowest BCUT2D eigenvalue weighted by Crippen LogP contribution is -2.53. The van der Waals surface area contributed by atoms with Crippen molar-refractivity contribution in [1.82, 2.24) is 19.6 Å². The molecule has 0 aliphatic carbocycles. The quantitative estimate of drug-likeness (QED) is 0.611. The summed E-state index contributed by atoms with van der Waals surface area (Å²) in [7, 11) is 2.18. The number of carbonyl (C=O) groups excluding carboxylic acids is 1. The molecule has 2 aliphatic rings. The number of nitrogens with zero attached hydrogens (tertiary/aromatic N) is 5. The number of likely N-dealkylation sites (tertiary alicyclic amines) is 1. The molecule has 1 N–H and O–H groups in total. The van der Waals surface area contributed by atoms with Gasteiger partial charge in [-0.2, -0.15) is 4.68 Å². The first-order valence-corrected chi connectivity index (χ1v) is 13.0. The maximum absolute atomic E-state index is 12.9. The zero-order valence-electron chi connectivity index (χ0n) is 19.6. The van der Waals surface area contributed by atoms with Gasteiger partial charge in [-0.25, -0.2) is 4.79 Å². The van der Waals surface area contributed by atoms with Crippen LogP contribution in [-0.4, -0.2) is 83.8 Å². The van der Waals surface area contributed by atoms with Gasteiger partial charge in [0.15, 0.2) is 5.82 Å². The Hall–Kier alpha value is -1.94. The number of benzene rings is 1. The summed E-state index contributed by atoms with van der Waals surface area (Å²) in [5.74, 6) is 0.691. The minimum atomic E-state index is -0.0684. The molecular formula is C23H33ClN6O2S. The molecule has 0 bridgehead atoms. The van der Waals surface area contributed by atoms with Crippen LogP contribution in [0.3, 0.4) is 0 Å². The summed E-state index contributed by atoms with van der Waals surface area (Å²) in [4.78, 5) is 19.6. The summed E-state index contributed by atoms with van der Waals surface area (Å²) < 4.78 is 10.0. The molecule has 0 atom stereocenters. The number of aromatic nitrogens is 2. The number of piperidine rings is 1. The number of rotatable bonds is 6. The lowest BCUT2D eigenvalue weighted by molar-refractivity contribution is 0.0585. The fourth-order valence-corrected chi connectivity index (χ4v) is 5.00. The number of halogens is 1. The van der Waals surface area contributed by atoms with E-state index >= 15 is 0 Å². The first kappa shape index (κ1) is 24.2. The van der Waals surface area contributed by atoms with Crippen molar-refractivity contribution in [3.8, 4) is 0 Å². The second kappa shape index (κ2) is 10.5. The van der Waals surface area contributed by atoms with E-state index in [9.17, 15) is 4.79 Å². The first-order chi connectivity index (χ1) is 15.9. The summed E-state index contributed by atoms with van der Waals surface area (Å²) in [5, 5.41) is 5.08. The van der Waals surface area contributed by atoms with Crippen LogP contribution < -0.4 is 9.62 Å². The van der Waals surface area contributed by atoms with Crippen LogP contribution in [0.1, 0.15) is 25.3 Å². The first-order valence-electron chi connectivity index (χ1n) is 11.4. The van der Waals surface area contributed by atoms with Crippen molar-refractivity contribution in [1.29, 1.82) is 0 Å². The Kier molecular flexibility index (Phi) is 7.73. The lowest BCUT2D eigenvalue weighted by Gasteiger charge is -2.45. The molecule has 2 aliphatic heterocycles. The molecule has 2 aromatic rings. The number of carbonyl (C=O) groups is 1. The molecule has 3 heterocycles. The molecule has 0 spiro atoms. The van der Waals surface area contributed by atoms with Crippen molar-refractivity contribution < 1.29 is 9.53 Å². The molecule has 0 radical (unpaired) electrons. The standard InChI is InChI=1S/C23H33ClN6O2S/c1-23(7-10-29(11-8-23)22(31)30-9-6-21(25-30)26-33-3)27(2)17-18-4-5-19(24)16-20(18)28-12-14-32-15-13-28/h4-6,9,16H,7-8,10-15,17H2,1-3H3,(H,25,26). The summed E-state index contributed by atoms with van der Waals surface area (Å²) in [6, 6.07) is 7.94. The van der Waals surface area contributed by atoms with E-state index in [-0.39, 0.29) is 11.6 Å². The van der Waals surface area contributed by atoms with E-state index < -0.39 is 0 Å². The van der Waals surface area contributed by atoms with E-state index in [4.69, 9.17) is 16.3 Å². The zero-order valence-corrected chi connectivity index (χ0v) is 21.2. The third-order valence-electron chi connectivity index (χ3n) is 6.83. The van der Waals surface area contributed by atoms with Crippen LogP contribution in [0.25, 0.3) is 0 Å². The third-order valence-corrected chi connectivity index (χ3v) is 7.48. The van der Waals surface area contributed by atoms with Crippen molar-refractivity contribution in [2.45, 2.75) is 31.8 Å². The van der Waals surface area contributed by atoms with Gasteiger partial charge in [0.05, 0.1) is 13.2 Å². The van der Waals surface area contributed by atoms with Gasteiger partial charge < -0.3 is 19.3 Å². The number of amides is 1. The van der Waals surface area contributed by atoms with Crippen LogP contribution >= 0.6 is 23.5 Å². The molecule has 1 amide bonds. The van der Waals surface area contributed by atoms with E-state index in [1.54, 1.807) is 6.20 Å². The summed E-state index contributed by atoms with van der Waals surface area (Å²) in [5.41, 5.74) is 2.48. The monoisotopic (exact) mass is 492 g/mol. The van der Waals surface area contributed by atoms with Crippen molar-refractivity contribution >= 4 is 41.1 Å². The number of anilines is 2. The molecule has 10 heteroatoms. The van der Waals surface area contributed by atoms with Gasteiger partial charge in [0.25, 0.3) is 0 Å². The minimum absolute atomic E-state index is 0.00831. The van der Waals surface area contributed by atoms with Gasteiger partial charge in [0, 0.05) is 67.5 Å². The van der Waals surface area contributed by atoms with E-state index in [1.165, 1.54) is 27.9 Å². The maximum atomic E-state index is 12.9. The molecule has 1 aromatic carbocycles. The van der Waals surface area contributed by atoms with Gasteiger partial charge >= 0.3 is 6.03 Å². The predicted molar refractivity (Wildman–Crippen MR) is 135 cm³/mol. The summed E-state index contributed by atoms with van der Waals surface area (Å²) in [6.07, 6.45) is 5.46. The van der Waals surface area contributed by atoms with Gasteiger partial charge in [-0.15, -0.1) is 5.10 Å². The van der Waals surface area contributed by atoms with E-state index in [2.05, 4.69) is 45.7 Å². The van der Waals surface area contributed by atoms with Crippen LogP contribution in [0.5, 0.6) is 0 Å². The fourth-order valence-electron chi connectivity index (χ4n) is 4.51. The van der Waals surface area contributed by atoms with Crippen LogP contribution in [0, 0.1) is 0 Å². The Morgan fingerprint density at radius 1 is 1.24 bits per heavy atom. The molecule has 0 unspecified atom stereocenters. The molecule has 2 saturated heterocycles. The van der Waals surface area contributed by atoms with E-state index in [0.717, 1.165) is 50.7 Å². The van der Waals surface area contributed by atoms with Gasteiger partial charge in [0.1, 0.15) is 0 Å². The van der Waals surface area contributed by atoms with Crippen LogP contribution in [-0.2, 0) is 11.3 Å². The van der Waals surface area contributed by atoms with E-state index in [0.29, 0.717) is 18.9 Å². The van der Waals surface area contributed by atoms with Crippen molar-refractivity contribution in [2.75, 3.05) is 62.3 Å². The normalized spacial score (nSPS) is 18.6. The largest absolute Gasteiger partial charge is 0.378 e. The highest BCUT2D eigenvalue weighted by Crippen LogP contribution is 2.32. The summed E-state index contributed by atoms with van der Waals surface area (Å²) in [6.45, 7) is 7.80. The number of ether oxygens (including phenoxy) is 1. The van der Waals surface area contributed by atoms with Crippen molar-refractivity contribution in [3.63, 3.8) is 0 Å². The maximum Gasteiger partial charge on any atom is 0.344 e. The van der Waals surface area contributed by atoms with Crippen molar-refractivity contribution in [3.05, 3.63) is 41.0 Å². The van der Waals surface area contributed by atoms with Gasteiger partial charge in [-0.1, -0.05) is 29.6 Å². The molecule has 1 aromatic heterocycles. The van der Waals surface area contributed by atoms with E-state index in [1.807, 2.05) is 23.3 Å². The highest BCUT2D eigenvalue weighted by Gasteiger charge is 2.36. The molecule has 4 rings (SSSR count). The molecule has 8 nitrogen and oxygen atoms in total. The highest BCUT2D eigenvalue weighted by molar-refractivity contribution is 7.99. The number of morpholine rings is 1. The third kappa shape index (κ3) is 5.59. The number of hydrogen-bond acceptors (Lipinski definition) is 7. The van der Waals surface area contributed by atoms with Crippen LogP contribution in [0.4, 0.5) is 16.3 Å². The Labute approximate surface area is 205 Å². The second-order valence-corrected chi connectivity index (χ2v) is 10.00. The molecular weight excluding hydrogens is 460 g/mol. The topological polar surface area (TPSA) is 65.9 Å². The molecule has 180 valence electrons. The number of nitrogens with one attached hydrogen (secondary N) is 1. The van der Waals surface area contributed by atoms with Crippen LogP contribution in [0.15, 0.2) is 30.5 Å². The average Bonchev–Trinajstić information content (AvgIpc) is 3.30. The number of hydrogen-bond donors (Lipinski definition) is 1. The van der Waals surface area contributed by atoms with Crippen LogP contribution in [0.2, 0.25) is 5.02 Å².